The largest absolute Gasteiger partial charge is 0.507 e. The van der Waals surface area contributed by atoms with Gasteiger partial charge in [0.05, 0.1) is 12.6 Å². The van der Waals surface area contributed by atoms with Crippen LogP contribution in [0.4, 0.5) is 10.5 Å². The highest BCUT2D eigenvalue weighted by Crippen LogP contribution is 2.21. The average molecular weight is 282 g/mol. The van der Waals surface area contributed by atoms with Gasteiger partial charge in [0.25, 0.3) is 0 Å². The van der Waals surface area contributed by atoms with Crippen molar-refractivity contribution >= 4 is 17.7 Å². The highest BCUT2D eigenvalue weighted by Gasteiger charge is 2.13. The number of hydrogen-bond acceptors (Lipinski definition) is 4. The Bertz CT molecular complexity index is 490. The molecule has 2 amide bonds. The standard InChI is InChI=1S/C13H18N2O5/c1-3-8(7-20-2)14-13(19)15-9-4-5-10(12(17)18)11(16)6-9/h4-6,8,16H,3,7H2,1-2H3,(H,17,18)(H2,14,15,19). The number of carboxylic acid groups (broad SMARTS) is 1. The van der Waals surface area contributed by atoms with Gasteiger partial charge in [-0.25, -0.2) is 9.59 Å². The Labute approximate surface area is 116 Å². The molecule has 0 aromatic heterocycles. The fourth-order valence-corrected chi connectivity index (χ4v) is 1.61. The zero-order valence-corrected chi connectivity index (χ0v) is 11.3. The van der Waals surface area contributed by atoms with E-state index in [9.17, 15) is 14.7 Å². The lowest BCUT2D eigenvalue weighted by molar-refractivity contribution is 0.0694. The second kappa shape index (κ2) is 7.34. The lowest BCUT2D eigenvalue weighted by Crippen LogP contribution is -2.40. The van der Waals surface area contributed by atoms with Crippen LogP contribution in [0.25, 0.3) is 0 Å². The van der Waals surface area contributed by atoms with Crippen LogP contribution in [0.2, 0.25) is 0 Å². The van der Waals surface area contributed by atoms with Crippen molar-refractivity contribution in [3.8, 4) is 5.75 Å². The third-order valence-electron chi connectivity index (χ3n) is 2.68. The van der Waals surface area contributed by atoms with Crippen molar-refractivity contribution < 1.29 is 24.5 Å². The van der Waals surface area contributed by atoms with Gasteiger partial charge in [-0.2, -0.15) is 0 Å². The molecule has 4 N–H and O–H groups in total. The molecule has 0 radical (unpaired) electrons. The third-order valence-corrected chi connectivity index (χ3v) is 2.68. The lowest BCUT2D eigenvalue weighted by Gasteiger charge is -2.16. The van der Waals surface area contributed by atoms with Gasteiger partial charge in [-0.3, -0.25) is 0 Å². The van der Waals surface area contributed by atoms with Gasteiger partial charge < -0.3 is 25.6 Å². The summed E-state index contributed by atoms with van der Waals surface area (Å²) in [7, 11) is 1.55. The van der Waals surface area contributed by atoms with Crippen molar-refractivity contribution in [1.82, 2.24) is 5.32 Å². The van der Waals surface area contributed by atoms with E-state index in [0.29, 0.717) is 18.7 Å². The number of phenols is 1. The predicted molar refractivity (Wildman–Crippen MR) is 73.2 cm³/mol. The molecule has 1 atom stereocenters. The van der Waals surface area contributed by atoms with Crippen LogP contribution in [0, 0.1) is 0 Å². The number of hydrogen-bond donors (Lipinski definition) is 4. The van der Waals surface area contributed by atoms with Crippen LogP contribution in [-0.4, -0.2) is 42.0 Å². The van der Waals surface area contributed by atoms with E-state index in [4.69, 9.17) is 9.84 Å². The van der Waals surface area contributed by atoms with Gasteiger partial charge in [-0.05, 0) is 18.6 Å². The highest BCUT2D eigenvalue weighted by atomic mass is 16.5. The summed E-state index contributed by atoms with van der Waals surface area (Å²) in [5.74, 6) is -1.64. The Morgan fingerprint density at radius 3 is 2.60 bits per heavy atom. The molecule has 110 valence electrons. The molecule has 0 saturated heterocycles. The van der Waals surface area contributed by atoms with E-state index in [1.54, 1.807) is 7.11 Å². The van der Waals surface area contributed by atoms with Crippen LogP contribution in [0.5, 0.6) is 5.75 Å². The first-order valence-corrected chi connectivity index (χ1v) is 6.10. The summed E-state index contributed by atoms with van der Waals surface area (Å²) >= 11 is 0. The SMILES string of the molecule is CCC(COC)NC(=O)Nc1ccc(C(=O)O)c(O)c1. The Morgan fingerprint density at radius 1 is 1.40 bits per heavy atom. The van der Waals surface area contributed by atoms with Gasteiger partial charge >= 0.3 is 12.0 Å². The number of amides is 2. The number of carboxylic acids is 1. The van der Waals surface area contributed by atoms with Crippen molar-refractivity contribution in [1.29, 1.82) is 0 Å². The minimum atomic E-state index is -1.23. The second-order valence-electron chi connectivity index (χ2n) is 4.20. The molecule has 7 nitrogen and oxygen atoms in total. The zero-order valence-electron chi connectivity index (χ0n) is 11.3. The number of ether oxygens (including phenoxy) is 1. The Kier molecular flexibility index (Phi) is 5.79. The predicted octanol–water partition coefficient (Wildman–Crippen LogP) is 1.64. The molecule has 1 unspecified atom stereocenters. The molecule has 0 bridgehead atoms. The molecule has 1 rings (SSSR count). The molecular formula is C13H18N2O5. The van der Waals surface area contributed by atoms with Gasteiger partial charge in [0.1, 0.15) is 11.3 Å². The van der Waals surface area contributed by atoms with Gasteiger partial charge in [0, 0.05) is 18.9 Å². The smallest absolute Gasteiger partial charge is 0.339 e. The summed E-state index contributed by atoms with van der Waals surface area (Å²) in [5, 5.41) is 23.5. The van der Waals surface area contributed by atoms with E-state index < -0.39 is 17.7 Å². The Balaban J connectivity index is 2.66. The number of anilines is 1. The number of nitrogens with one attached hydrogen (secondary N) is 2. The summed E-state index contributed by atoms with van der Waals surface area (Å²) < 4.78 is 4.96. The van der Waals surface area contributed by atoms with Crippen LogP contribution in [0.1, 0.15) is 23.7 Å². The van der Waals surface area contributed by atoms with Gasteiger partial charge in [-0.1, -0.05) is 6.92 Å². The van der Waals surface area contributed by atoms with E-state index in [-0.39, 0.29) is 11.6 Å². The molecule has 7 heteroatoms. The van der Waals surface area contributed by atoms with Crippen LogP contribution in [-0.2, 0) is 4.74 Å². The van der Waals surface area contributed by atoms with Crippen molar-refractivity contribution in [3.63, 3.8) is 0 Å². The van der Waals surface area contributed by atoms with E-state index in [2.05, 4.69) is 10.6 Å². The maximum absolute atomic E-state index is 11.7. The van der Waals surface area contributed by atoms with Gasteiger partial charge in [0.2, 0.25) is 0 Å². The van der Waals surface area contributed by atoms with E-state index in [0.717, 1.165) is 0 Å². The topological polar surface area (TPSA) is 108 Å². The van der Waals surface area contributed by atoms with Crippen LogP contribution < -0.4 is 10.6 Å². The Morgan fingerprint density at radius 2 is 2.10 bits per heavy atom. The first-order chi connectivity index (χ1) is 9.47. The molecule has 0 aliphatic heterocycles. The highest BCUT2D eigenvalue weighted by molar-refractivity contribution is 5.94. The summed E-state index contributed by atoms with van der Waals surface area (Å²) in [4.78, 5) is 22.4. The fraction of sp³-hybridized carbons (Fsp3) is 0.385. The monoisotopic (exact) mass is 282 g/mol. The number of methoxy groups -OCH3 is 1. The summed E-state index contributed by atoms with van der Waals surface area (Å²) in [6, 6.07) is 3.24. The molecule has 0 saturated carbocycles. The summed E-state index contributed by atoms with van der Waals surface area (Å²) in [6.45, 7) is 2.31. The van der Waals surface area contributed by atoms with Gasteiger partial charge in [-0.15, -0.1) is 0 Å². The minimum Gasteiger partial charge on any atom is -0.507 e. The number of rotatable bonds is 6. The second-order valence-corrected chi connectivity index (χ2v) is 4.20. The van der Waals surface area contributed by atoms with Crippen molar-refractivity contribution in [3.05, 3.63) is 23.8 Å². The number of aromatic carboxylic acids is 1. The third kappa shape index (κ3) is 4.43. The quantitative estimate of drug-likeness (QED) is 0.634. The van der Waals surface area contributed by atoms with Crippen LogP contribution in [0.15, 0.2) is 18.2 Å². The van der Waals surface area contributed by atoms with Gasteiger partial charge in [0.15, 0.2) is 0 Å². The molecule has 0 aliphatic carbocycles. The molecule has 0 spiro atoms. The van der Waals surface area contributed by atoms with E-state index >= 15 is 0 Å². The van der Waals surface area contributed by atoms with Crippen molar-refractivity contribution in [2.45, 2.75) is 19.4 Å². The first kappa shape index (κ1) is 15.8. The van der Waals surface area contributed by atoms with Crippen LogP contribution >= 0.6 is 0 Å². The molecular weight excluding hydrogens is 264 g/mol. The summed E-state index contributed by atoms with van der Waals surface area (Å²) in [5.41, 5.74) is 0.0824. The molecule has 1 aromatic carbocycles. The summed E-state index contributed by atoms with van der Waals surface area (Å²) in [6.07, 6.45) is 0.713. The molecule has 1 aromatic rings. The van der Waals surface area contributed by atoms with Crippen molar-refractivity contribution in [2.24, 2.45) is 0 Å². The molecule has 0 heterocycles. The number of carbonyl (C=O) groups excluding carboxylic acids is 1. The number of aromatic hydroxyl groups is 1. The average Bonchev–Trinajstić information content (AvgIpc) is 2.37. The van der Waals surface area contributed by atoms with Crippen LogP contribution in [0.3, 0.4) is 0 Å². The number of urea groups is 1. The number of benzene rings is 1. The normalized spacial score (nSPS) is 11.7. The molecule has 20 heavy (non-hydrogen) atoms. The number of carbonyl (C=O) groups is 2. The maximum atomic E-state index is 11.7. The van der Waals surface area contributed by atoms with E-state index in [1.807, 2.05) is 6.92 Å². The maximum Gasteiger partial charge on any atom is 0.339 e. The molecule has 0 aliphatic rings. The Hall–Kier alpha value is -2.28. The minimum absolute atomic E-state index is 0.119. The molecule has 0 fully saturated rings. The zero-order chi connectivity index (χ0) is 15.1. The van der Waals surface area contributed by atoms with Crippen molar-refractivity contribution in [2.75, 3.05) is 19.0 Å². The van der Waals surface area contributed by atoms with E-state index in [1.165, 1.54) is 18.2 Å². The first-order valence-electron chi connectivity index (χ1n) is 6.10. The lowest BCUT2D eigenvalue weighted by atomic mass is 10.2. The fourth-order valence-electron chi connectivity index (χ4n) is 1.61.